The van der Waals surface area contributed by atoms with Gasteiger partial charge < -0.3 is 0 Å². The number of non-ortho nitro benzene ring substituents is 1. The molecule has 0 amide bonds. The van der Waals surface area contributed by atoms with Crippen molar-refractivity contribution < 1.29 is 22.7 Å². The Bertz CT molecular complexity index is 526. The Morgan fingerprint density at radius 3 is 2.25 bits per heavy atom. The molecule has 7 nitrogen and oxygen atoms in total. The molecule has 0 atom stereocenters. The fourth-order valence-electron chi connectivity index (χ4n) is 0.928. The van der Waals surface area contributed by atoms with E-state index >= 15 is 0 Å². The number of benzene rings is 1. The van der Waals surface area contributed by atoms with Gasteiger partial charge in [0.15, 0.2) is 0 Å². The molecule has 1 rings (SSSR count). The molecule has 82 valence electrons. The Morgan fingerprint density at radius 1 is 1.31 bits per heavy atom. The number of hydrogen-bond acceptors (Lipinski definition) is 5. The fraction of sp³-hybridized carbons (Fsp3) is 0. The molecule has 0 aliphatic heterocycles. The van der Waals surface area contributed by atoms with Crippen LogP contribution in [0.3, 0.4) is 0 Å². The Balaban J connectivity index is 0.00000225. The van der Waals surface area contributed by atoms with Crippen molar-refractivity contribution in [2.24, 2.45) is 0 Å². The van der Waals surface area contributed by atoms with Crippen molar-refractivity contribution in [2.75, 3.05) is 0 Å². The zero-order valence-electron chi connectivity index (χ0n) is 7.15. The van der Waals surface area contributed by atoms with Gasteiger partial charge in [0.05, 0.1) is 4.92 Å². The van der Waals surface area contributed by atoms with E-state index < -0.39 is 25.6 Å². The number of nitro groups is 1. The maximum atomic E-state index is 10.7. The summed E-state index contributed by atoms with van der Waals surface area (Å²) in [6, 6.07) is 2.42. The molecule has 0 bridgehead atoms. The summed E-state index contributed by atoms with van der Waals surface area (Å²) in [4.78, 5) is 19.2. The molecule has 0 spiro atoms. The molecule has 0 aliphatic rings. The van der Waals surface area contributed by atoms with Crippen molar-refractivity contribution in [3.05, 3.63) is 33.9 Å². The molecule has 0 unspecified atom stereocenters. The first-order valence-electron chi connectivity index (χ1n) is 3.57. The summed E-state index contributed by atoms with van der Waals surface area (Å²) in [5.41, 5.74) is -0.774. The van der Waals surface area contributed by atoms with Crippen LogP contribution in [0.15, 0.2) is 23.1 Å². The van der Waals surface area contributed by atoms with Crippen LogP contribution in [0.2, 0.25) is 0 Å². The van der Waals surface area contributed by atoms with Gasteiger partial charge in [-0.15, -0.1) is 0 Å². The van der Waals surface area contributed by atoms with Crippen LogP contribution in [0.4, 0.5) is 5.69 Å². The van der Waals surface area contributed by atoms with Crippen molar-refractivity contribution in [1.82, 2.24) is 0 Å². The summed E-state index contributed by atoms with van der Waals surface area (Å²) in [6.45, 7) is 0. The Kier molecular flexibility index (Phi) is 5.23. The Hall–Kier alpha value is -0.800. The van der Waals surface area contributed by atoms with E-state index in [1.807, 2.05) is 0 Å². The SMILES string of the molecule is O=Cc1cc([N+](=O)[O-])cc(S(=O)(=O)O)c1.[NaH]. The van der Waals surface area contributed by atoms with E-state index in [-0.39, 0.29) is 41.4 Å². The first kappa shape index (κ1) is 15.2. The number of nitrogens with zero attached hydrogens (tertiary/aromatic N) is 1. The molecular weight excluding hydrogens is 249 g/mol. The van der Waals surface area contributed by atoms with Crippen LogP contribution in [0.5, 0.6) is 0 Å². The molecule has 0 saturated heterocycles. The Labute approximate surface area is 113 Å². The van der Waals surface area contributed by atoms with Gasteiger partial charge in [0.1, 0.15) is 11.2 Å². The van der Waals surface area contributed by atoms with Crippen molar-refractivity contribution >= 4 is 51.6 Å². The van der Waals surface area contributed by atoms with Gasteiger partial charge >= 0.3 is 29.6 Å². The van der Waals surface area contributed by atoms with Crippen LogP contribution in [0, 0.1) is 10.1 Å². The van der Waals surface area contributed by atoms with E-state index in [4.69, 9.17) is 4.55 Å². The maximum absolute atomic E-state index is 10.7. The summed E-state index contributed by atoms with van der Waals surface area (Å²) in [7, 11) is -4.55. The standard InChI is InChI=1S/C7H5NO6S.Na.H/c9-4-5-1-6(8(10)11)3-7(2-5)15(12,13)14;;/h1-4H,(H,12,13,14);;. The third-order valence-corrected chi connectivity index (χ3v) is 2.39. The zero-order valence-corrected chi connectivity index (χ0v) is 7.97. The molecule has 1 aromatic rings. The van der Waals surface area contributed by atoms with Crippen LogP contribution < -0.4 is 0 Å². The number of carbonyl (C=O) groups excluding carboxylic acids is 1. The number of carbonyl (C=O) groups is 1. The third kappa shape index (κ3) is 3.65. The first-order valence-corrected chi connectivity index (χ1v) is 5.01. The summed E-state index contributed by atoms with van der Waals surface area (Å²) in [5.74, 6) is 0. The molecule has 0 radical (unpaired) electrons. The topological polar surface area (TPSA) is 115 Å². The van der Waals surface area contributed by atoms with Gasteiger partial charge in [0, 0.05) is 17.7 Å². The van der Waals surface area contributed by atoms with Crippen LogP contribution >= 0.6 is 0 Å². The second kappa shape index (κ2) is 5.51. The quantitative estimate of drug-likeness (QED) is 0.267. The van der Waals surface area contributed by atoms with Crippen molar-refractivity contribution in [3.8, 4) is 0 Å². The van der Waals surface area contributed by atoms with Gasteiger partial charge in [-0.05, 0) is 6.07 Å². The van der Waals surface area contributed by atoms with Crippen LogP contribution in [0.1, 0.15) is 10.4 Å². The molecule has 9 heteroatoms. The molecule has 1 aromatic carbocycles. The minimum atomic E-state index is -4.55. The second-order valence-corrected chi connectivity index (χ2v) is 4.03. The summed E-state index contributed by atoms with van der Waals surface area (Å²) >= 11 is 0. The molecule has 1 N–H and O–H groups in total. The van der Waals surface area contributed by atoms with E-state index in [9.17, 15) is 23.3 Å². The number of nitro benzene ring substituents is 1. The van der Waals surface area contributed by atoms with Crippen LogP contribution in [0.25, 0.3) is 0 Å². The fourth-order valence-corrected chi connectivity index (χ4v) is 1.48. The molecule has 0 aliphatic carbocycles. The van der Waals surface area contributed by atoms with Crippen molar-refractivity contribution in [3.63, 3.8) is 0 Å². The summed E-state index contributed by atoms with van der Waals surface area (Å²) in [5, 5.41) is 10.4. The summed E-state index contributed by atoms with van der Waals surface area (Å²) < 4.78 is 30.0. The van der Waals surface area contributed by atoms with E-state index in [2.05, 4.69) is 0 Å². The molecule has 0 saturated carbocycles. The predicted molar refractivity (Wildman–Crippen MR) is 55.4 cm³/mol. The molecule has 0 heterocycles. The first-order chi connectivity index (χ1) is 6.84. The zero-order chi connectivity index (χ0) is 11.6. The average molecular weight is 255 g/mol. The van der Waals surface area contributed by atoms with E-state index in [0.29, 0.717) is 6.07 Å². The number of hydrogen-bond donors (Lipinski definition) is 1. The van der Waals surface area contributed by atoms with E-state index in [1.54, 1.807) is 0 Å². The molecule has 16 heavy (non-hydrogen) atoms. The number of rotatable bonds is 3. The third-order valence-electron chi connectivity index (χ3n) is 1.56. The molecular formula is C7H6NNaO6S. The van der Waals surface area contributed by atoms with Gasteiger partial charge in [-0.3, -0.25) is 19.5 Å². The van der Waals surface area contributed by atoms with E-state index in [0.717, 1.165) is 12.1 Å². The van der Waals surface area contributed by atoms with Crippen molar-refractivity contribution in [2.45, 2.75) is 4.90 Å². The number of aldehydes is 1. The van der Waals surface area contributed by atoms with Gasteiger partial charge in [-0.1, -0.05) is 0 Å². The normalized spacial score (nSPS) is 10.3. The van der Waals surface area contributed by atoms with Gasteiger partial charge in [0.2, 0.25) is 0 Å². The molecule has 0 aromatic heterocycles. The van der Waals surface area contributed by atoms with Crippen molar-refractivity contribution in [1.29, 1.82) is 0 Å². The second-order valence-electron chi connectivity index (χ2n) is 2.61. The molecule has 0 fully saturated rings. The van der Waals surface area contributed by atoms with E-state index in [1.165, 1.54) is 0 Å². The Morgan fingerprint density at radius 2 is 1.88 bits per heavy atom. The van der Waals surface area contributed by atoms with Crippen LogP contribution in [-0.2, 0) is 10.1 Å². The van der Waals surface area contributed by atoms with Gasteiger partial charge in [0.25, 0.3) is 15.8 Å². The van der Waals surface area contributed by atoms with Crippen LogP contribution in [-0.4, -0.2) is 53.7 Å². The van der Waals surface area contributed by atoms with Gasteiger partial charge in [-0.2, -0.15) is 8.42 Å². The summed E-state index contributed by atoms with van der Waals surface area (Å²) in [6.07, 6.45) is 0.252. The average Bonchev–Trinajstić information content (AvgIpc) is 2.15. The van der Waals surface area contributed by atoms with Gasteiger partial charge in [-0.25, -0.2) is 0 Å². The predicted octanol–water partition coefficient (Wildman–Crippen LogP) is 0.00550. The minimum absolute atomic E-state index is 0. The monoisotopic (exact) mass is 255 g/mol.